The van der Waals surface area contributed by atoms with Crippen molar-refractivity contribution in [2.24, 2.45) is 0 Å². The highest BCUT2D eigenvalue weighted by atomic mass is 32.2. The van der Waals surface area contributed by atoms with Gasteiger partial charge in [0.15, 0.2) is 0 Å². The lowest BCUT2D eigenvalue weighted by Gasteiger charge is -2.34. The number of carbonyl (C=O) groups excluding carboxylic acids is 1. The fourth-order valence-corrected chi connectivity index (χ4v) is 4.82. The number of piperidine rings is 1. The molecule has 1 fully saturated rings. The monoisotopic (exact) mass is 362 g/mol. The predicted molar refractivity (Wildman–Crippen MR) is 93.1 cm³/mol. The van der Waals surface area contributed by atoms with Crippen molar-refractivity contribution < 1.29 is 17.6 Å². The smallest absolute Gasteiger partial charge is 0.243 e. The molecule has 0 bridgehead atoms. The van der Waals surface area contributed by atoms with Crippen molar-refractivity contribution in [2.45, 2.75) is 43.2 Å². The van der Waals surface area contributed by atoms with Gasteiger partial charge in [-0.25, -0.2) is 8.42 Å². The van der Waals surface area contributed by atoms with Gasteiger partial charge in [-0.15, -0.1) is 0 Å². The third-order valence-corrected chi connectivity index (χ3v) is 6.35. The van der Waals surface area contributed by atoms with Gasteiger partial charge < -0.3 is 9.73 Å². The second-order valence-corrected chi connectivity index (χ2v) is 8.03. The van der Waals surface area contributed by atoms with E-state index >= 15 is 0 Å². The van der Waals surface area contributed by atoms with Crippen molar-refractivity contribution in [2.75, 3.05) is 6.54 Å². The van der Waals surface area contributed by atoms with E-state index in [4.69, 9.17) is 4.42 Å². The van der Waals surface area contributed by atoms with Gasteiger partial charge in [0.05, 0.1) is 17.7 Å². The van der Waals surface area contributed by atoms with Crippen LogP contribution in [0.15, 0.2) is 58.0 Å². The average Bonchev–Trinajstić information content (AvgIpc) is 3.15. The molecule has 2 aromatic rings. The Hall–Kier alpha value is -2.12. The van der Waals surface area contributed by atoms with Crippen LogP contribution in [-0.4, -0.2) is 31.2 Å². The molecule has 1 atom stereocenters. The summed E-state index contributed by atoms with van der Waals surface area (Å²) in [5.41, 5.74) is 0. The van der Waals surface area contributed by atoms with Gasteiger partial charge in [0.2, 0.25) is 15.9 Å². The largest absolute Gasteiger partial charge is 0.467 e. The number of furan rings is 1. The predicted octanol–water partition coefficient (Wildman–Crippen LogP) is 2.53. The normalized spacial score (nSPS) is 18.8. The number of carbonyl (C=O) groups is 1. The molecule has 0 saturated carbocycles. The summed E-state index contributed by atoms with van der Waals surface area (Å²) < 4.78 is 32.5. The summed E-state index contributed by atoms with van der Waals surface area (Å²) in [5.74, 6) is 0.502. The highest BCUT2D eigenvalue weighted by Gasteiger charge is 2.34. The minimum absolute atomic E-state index is 0.159. The molecule has 1 aliphatic rings. The molecule has 0 aliphatic carbocycles. The van der Waals surface area contributed by atoms with Crippen molar-refractivity contribution in [1.29, 1.82) is 0 Å². The maximum Gasteiger partial charge on any atom is 0.243 e. The number of hydrogen-bond acceptors (Lipinski definition) is 4. The van der Waals surface area contributed by atoms with Crippen molar-refractivity contribution in [3.8, 4) is 0 Å². The van der Waals surface area contributed by atoms with E-state index in [0.29, 0.717) is 25.3 Å². The summed E-state index contributed by atoms with van der Waals surface area (Å²) in [4.78, 5) is 12.5. The maximum absolute atomic E-state index is 12.9. The van der Waals surface area contributed by atoms with E-state index in [9.17, 15) is 13.2 Å². The van der Waals surface area contributed by atoms with Crippen LogP contribution in [0.25, 0.3) is 0 Å². The Bertz CT molecular complexity index is 788. The van der Waals surface area contributed by atoms with Gasteiger partial charge in [-0.3, -0.25) is 4.79 Å². The number of amides is 1. The molecule has 1 aromatic heterocycles. The Balaban J connectivity index is 1.67. The summed E-state index contributed by atoms with van der Waals surface area (Å²) in [6.45, 7) is 0.761. The number of nitrogens with zero attached hydrogens (tertiary/aromatic N) is 1. The van der Waals surface area contributed by atoms with E-state index in [2.05, 4.69) is 5.32 Å². The minimum atomic E-state index is -3.58. The van der Waals surface area contributed by atoms with Crippen LogP contribution in [0.4, 0.5) is 0 Å². The van der Waals surface area contributed by atoms with Gasteiger partial charge >= 0.3 is 0 Å². The van der Waals surface area contributed by atoms with Crippen LogP contribution in [0.3, 0.4) is 0 Å². The molecule has 1 aromatic carbocycles. The van der Waals surface area contributed by atoms with Crippen LogP contribution in [0, 0.1) is 0 Å². The topological polar surface area (TPSA) is 79.6 Å². The van der Waals surface area contributed by atoms with Crippen LogP contribution in [0.1, 0.15) is 31.4 Å². The molecule has 7 heteroatoms. The second-order valence-electron chi connectivity index (χ2n) is 6.14. The van der Waals surface area contributed by atoms with Crippen LogP contribution < -0.4 is 5.32 Å². The van der Waals surface area contributed by atoms with Crippen LogP contribution >= 0.6 is 0 Å². The Kier molecular flexibility index (Phi) is 5.55. The number of hydrogen-bond donors (Lipinski definition) is 1. The molecule has 6 nitrogen and oxygen atoms in total. The van der Waals surface area contributed by atoms with E-state index in [1.54, 1.807) is 48.7 Å². The van der Waals surface area contributed by atoms with Crippen molar-refractivity contribution in [3.05, 3.63) is 54.5 Å². The molecular weight excluding hydrogens is 340 g/mol. The number of rotatable bonds is 6. The molecule has 25 heavy (non-hydrogen) atoms. The highest BCUT2D eigenvalue weighted by Crippen LogP contribution is 2.27. The molecule has 1 aliphatic heterocycles. The van der Waals surface area contributed by atoms with Gasteiger partial charge in [0.25, 0.3) is 0 Å². The standard InChI is InChI=1S/C18H22N2O4S/c21-18(19-14-16-8-6-12-24-16)13-15-7-4-5-11-20(15)25(22,23)17-9-2-1-3-10-17/h1-3,6,8-10,12,15H,4-5,7,11,13-14H2,(H,19,21)/t15-/m1/s1. The minimum Gasteiger partial charge on any atom is -0.467 e. The molecule has 2 heterocycles. The lowest BCUT2D eigenvalue weighted by atomic mass is 10.0. The fourth-order valence-electron chi connectivity index (χ4n) is 3.11. The Morgan fingerprint density at radius 1 is 1.16 bits per heavy atom. The van der Waals surface area contributed by atoms with E-state index < -0.39 is 10.0 Å². The lowest BCUT2D eigenvalue weighted by Crippen LogP contribution is -2.45. The molecule has 1 amide bonds. The number of nitrogens with one attached hydrogen (secondary N) is 1. The van der Waals surface area contributed by atoms with Crippen molar-refractivity contribution in [3.63, 3.8) is 0 Å². The van der Waals surface area contributed by atoms with Crippen LogP contribution in [0.5, 0.6) is 0 Å². The van der Waals surface area contributed by atoms with E-state index in [1.807, 2.05) is 0 Å². The first-order valence-corrected chi connectivity index (χ1v) is 9.87. The van der Waals surface area contributed by atoms with E-state index in [1.165, 1.54) is 4.31 Å². The highest BCUT2D eigenvalue weighted by molar-refractivity contribution is 7.89. The fraction of sp³-hybridized carbons (Fsp3) is 0.389. The molecule has 1 saturated heterocycles. The lowest BCUT2D eigenvalue weighted by molar-refractivity contribution is -0.122. The number of benzene rings is 1. The van der Waals surface area contributed by atoms with Gasteiger partial charge in [-0.1, -0.05) is 24.6 Å². The molecule has 134 valence electrons. The summed E-state index contributed by atoms with van der Waals surface area (Å²) in [7, 11) is -3.58. The van der Waals surface area contributed by atoms with Crippen molar-refractivity contribution in [1.82, 2.24) is 9.62 Å². The third kappa shape index (κ3) is 4.29. The first-order valence-electron chi connectivity index (χ1n) is 8.43. The molecule has 0 radical (unpaired) electrons. The van der Waals surface area contributed by atoms with E-state index in [-0.39, 0.29) is 23.3 Å². The first-order chi connectivity index (χ1) is 12.1. The van der Waals surface area contributed by atoms with Crippen LogP contribution in [0.2, 0.25) is 0 Å². The molecule has 0 unspecified atom stereocenters. The summed E-state index contributed by atoms with van der Waals surface area (Å²) >= 11 is 0. The quantitative estimate of drug-likeness (QED) is 0.856. The zero-order valence-corrected chi connectivity index (χ0v) is 14.7. The van der Waals surface area contributed by atoms with Gasteiger partial charge in [0.1, 0.15) is 5.76 Å². The van der Waals surface area contributed by atoms with Gasteiger partial charge in [0, 0.05) is 19.0 Å². The van der Waals surface area contributed by atoms with E-state index in [0.717, 1.165) is 12.8 Å². The Morgan fingerprint density at radius 3 is 2.68 bits per heavy atom. The number of sulfonamides is 1. The third-order valence-electron chi connectivity index (χ3n) is 4.38. The molecular formula is C18H22N2O4S. The maximum atomic E-state index is 12.9. The average molecular weight is 362 g/mol. The summed E-state index contributed by atoms with van der Waals surface area (Å²) in [5, 5.41) is 2.79. The summed E-state index contributed by atoms with van der Waals surface area (Å²) in [6.07, 6.45) is 4.15. The van der Waals surface area contributed by atoms with Gasteiger partial charge in [-0.05, 0) is 37.1 Å². The summed E-state index contributed by atoms with van der Waals surface area (Å²) in [6, 6.07) is 11.6. The van der Waals surface area contributed by atoms with Crippen molar-refractivity contribution >= 4 is 15.9 Å². The first kappa shape index (κ1) is 17.7. The second kappa shape index (κ2) is 7.84. The zero-order chi connectivity index (χ0) is 17.7. The molecule has 3 rings (SSSR count). The Labute approximate surface area is 147 Å². The van der Waals surface area contributed by atoms with Gasteiger partial charge in [-0.2, -0.15) is 4.31 Å². The zero-order valence-electron chi connectivity index (χ0n) is 13.9. The SMILES string of the molecule is O=C(C[C@H]1CCCCN1S(=O)(=O)c1ccccc1)NCc1ccco1. The Morgan fingerprint density at radius 2 is 1.96 bits per heavy atom. The van der Waals surface area contributed by atoms with Crippen LogP contribution in [-0.2, 0) is 21.4 Å². The molecule has 1 N–H and O–H groups in total. The molecule has 0 spiro atoms.